The van der Waals surface area contributed by atoms with Crippen molar-refractivity contribution < 1.29 is 8.78 Å². The third-order valence-electron chi connectivity index (χ3n) is 4.89. The molecule has 4 aromatic heterocycles. The third kappa shape index (κ3) is 3.15. The molecule has 0 fully saturated rings. The summed E-state index contributed by atoms with van der Waals surface area (Å²) in [5.74, 6) is -3.36. The second kappa shape index (κ2) is 7.07. The average molecular weight is 420 g/mol. The maximum Gasteiger partial charge on any atom is 0.309 e. The average Bonchev–Trinajstić information content (AvgIpc) is 3.21. The lowest BCUT2D eigenvalue weighted by molar-refractivity contribution is -0.0304. The minimum absolute atomic E-state index is 0.378. The van der Waals surface area contributed by atoms with E-state index in [4.69, 9.17) is 0 Å². The van der Waals surface area contributed by atoms with Crippen LogP contribution in [0.25, 0.3) is 32.1 Å². The highest BCUT2D eigenvalue weighted by Crippen LogP contribution is 2.32. The van der Waals surface area contributed by atoms with Crippen molar-refractivity contribution in [2.24, 2.45) is 0 Å². The Balaban J connectivity index is 1.57. The van der Waals surface area contributed by atoms with Crippen LogP contribution in [0.2, 0.25) is 0 Å². The topological polar surface area (TPSA) is 60.7 Å². The van der Waals surface area contributed by atoms with Gasteiger partial charge in [0.15, 0.2) is 0 Å². The van der Waals surface area contributed by atoms with Gasteiger partial charge in [0.1, 0.15) is 12.2 Å². The zero-order valence-electron chi connectivity index (χ0n) is 15.5. The van der Waals surface area contributed by atoms with Gasteiger partial charge in [-0.1, -0.05) is 24.3 Å². The van der Waals surface area contributed by atoms with E-state index in [1.807, 2.05) is 11.4 Å². The standard InChI is InChI=1S/C22H14F2N4OS/c23-22(24,19-6-5-15-3-1-2-4-17(15)27-19)13-28-21(29)20-16(12-30-18(20)11-26-28)14-7-9-25-10-8-14/h1-12H,13H2. The van der Waals surface area contributed by atoms with Crippen LogP contribution in [0.4, 0.5) is 8.78 Å². The van der Waals surface area contributed by atoms with Gasteiger partial charge in [-0.3, -0.25) is 9.78 Å². The molecule has 0 radical (unpaired) electrons. The van der Waals surface area contributed by atoms with E-state index in [0.29, 0.717) is 21.2 Å². The molecule has 0 N–H and O–H groups in total. The summed E-state index contributed by atoms with van der Waals surface area (Å²) in [6.45, 7) is -0.890. The smallest absolute Gasteiger partial charge is 0.267 e. The number of aromatic nitrogens is 4. The van der Waals surface area contributed by atoms with Gasteiger partial charge in [0, 0.05) is 28.7 Å². The van der Waals surface area contributed by atoms with Gasteiger partial charge in [-0.15, -0.1) is 11.3 Å². The van der Waals surface area contributed by atoms with Gasteiger partial charge in [0.25, 0.3) is 5.56 Å². The zero-order chi connectivity index (χ0) is 20.7. The molecule has 5 rings (SSSR count). The van der Waals surface area contributed by atoms with Gasteiger partial charge in [-0.25, -0.2) is 9.67 Å². The van der Waals surface area contributed by atoms with Gasteiger partial charge in [0.2, 0.25) is 0 Å². The number of fused-ring (bicyclic) bond motifs is 2. The second-order valence-corrected chi connectivity index (χ2v) is 7.74. The molecule has 0 amide bonds. The maximum atomic E-state index is 15.0. The summed E-state index contributed by atoms with van der Waals surface area (Å²) >= 11 is 1.35. The molecule has 0 saturated carbocycles. The first-order valence-corrected chi connectivity index (χ1v) is 10.0. The largest absolute Gasteiger partial charge is 0.309 e. The number of para-hydroxylation sites is 1. The van der Waals surface area contributed by atoms with Crippen molar-refractivity contribution in [3.8, 4) is 11.1 Å². The predicted molar refractivity (Wildman–Crippen MR) is 113 cm³/mol. The SMILES string of the molecule is O=c1c2c(-c3ccncc3)csc2cnn1CC(F)(F)c1ccc2ccccc2n1. The van der Waals surface area contributed by atoms with Crippen molar-refractivity contribution in [3.63, 3.8) is 0 Å². The van der Waals surface area contributed by atoms with Gasteiger partial charge in [-0.05, 0) is 29.8 Å². The van der Waals surface area contributed by atoms with E-state index >= 15 is 8.78 Å². The lowest BCUT2D eigenvalue weighted by Gasteiger charge is -2.17. The summed E-state index contributed by atoms with van der Waals surface area (Å²) in [7, 11) is 0. The van der Waals surface area contributed by atoms with Gasteiger partial charge >= 0.3 is 5.92 Å². The van der Waals surface area contributed by atoms with Crippen LogP contribution in [0.1, 0.15) is 5.69 Å². The number of halogens is 2. The van der Waals surface area contributed by atoms with Crippen molar-refractivity contribution in [1.29, 1.82) is 0 Å². The summed E-state index contributed by atoms with van der Waals surface area (Å²) < 4.78 is 31.5. The van der Waals surface area contributed by atoms with E-state index in [2.05, 4.69) is 15.1 Å². The van der Waals surface area contributed by atoms with Crippen LogP contribution in [0.15, 0.2) is 77.3 Å². The van der Waals surface area contributed by atoms with Crippen LogP contribution in [-0.4, -0.2) is 19.7 Å². The van der Waals surface area contributed by atoms with Crippen LogP contribution in [-0.2, 0) is 12.5 Å². The summed E-state index contributed by atoms with van der Waals surface area (Å²) in [6, 6.07) is 13.5. The number of pyridine rings is 2. The van der Waals surface area contributed by atoms with E-state index in [1.54, 1.807) is 48.8 Å². The fraction of sp³-hybridized carbons (Fsp3) is 0.0909. The Bertz CT molecular complexity index is 1430. The van der Waals surface area contributed by atoms with Gasteiger partial charge < -0.3 is 0 Å². The molecule has 0 unspecified atom stereocenters. The minimum Gasteiger partial charge on any atom is -0.267 e. The van der Waals surface area contributed by atoms with Crippen molar-refractivity contribution >= 4 is 32.3 Å². The number of hydrogen-bond acceptors (Lipinski definition) is 5. The number of rotatable bonds is 4. The van der Waals surface area contributed by atoms with Crippen molar-refractivity contribution in [2.75, 3.05) is 0 Å². The predicted octanol–water partition coefficient (Wildman–Crippen LogP) is 4.86. The lowest BCUT2D eigenvalue weighted by Crippen LogP contribution is -2.31. The molecule has 5 aromatic rings. The number of thiophene rings is 1. The number of alkyl halides is 2. The molecule has 0 saturated heterocycles. The fourth-order valence-corrected chi connectivity index (χ4v) is 4.31. The molecule has 0 aliphatic heterocycles. The summed E-state index contributed by atoms with van der Waals surface area (Å²) in [6.07, 6.45) is 4.70. The fourth-order valence-electron chi connectivity index (χ4n) is 3.39. The first kappa shape index (κ1) is 18.5. The zero-order valence-corrected chi connectivity index (χ0v) is 16.3. The Hall–Kier alpha value is -3.52. The van der Waals surface area contributed by atoms with Crippen LogP contribution in [0.5, 0.6) is 0 Å². The molecular formula is C22H14F2N4OS. The Kier molecular flexibility index (Phi) is 4.36. The molecule has 5 nitrogen and oxygen atoms in total. The van der Waals surface area contributed by atoms with Crippen LogP contribution in [0.3, 0.4) is 0 Å². The Morgan fingerprint density at radius 2 is 1.83 bits per heavy atom. The Labute approximate surface area is 173 Å². The highest BCUT2D eigenvalue weighted by Gasteiger charge is 2.35. The molecular weight excluding hydrogens is 406 g/mol. The Morgan fingerprint density at radius 3 is 2.67 bits per heavy atom. The molecule has 0 bridgehead atoms. The molecule has 4 heterocycles. The normalized spacial score (nSPS) is 11.9. The van der Waals surface area contributed by atoms with Gasteiger partial charge in [-0.2, -0.15) is 13.9 Å². The second-order valence-electron chi connectivity index (χ2n) is 6.83. The summed E-state index contributed by atoms with van der Waals surface area (Å²) in [5.41, 5.74) is 1.01. The summed E-state index contributed by atoms with van der Waals surface area (Å²) in [5, 5.41) is 6.96. The third-order valence-corrected chi connectivity index (χ3v) is 5.81. The highest BCUT2D eigenvalue weighted by molar-refractivity contribution is 7.17. The molecule has 8 heteroatoms. The van der Waals surface area contributed by atoms with Crippen molar-refractivity contribution in [2.45, 2.75) is 12.5 Å². The van der Waals surface area contributed by atoms with E-state index in [0.717, 1.165) is 15.6 Å². The molecule has 0 aliphatic carbocycles. The van der Waals surface area contributed by atoms with Crippen LogP contribution < -0.4 is 5.56 Å². The van der Waals surface area contributed by atoms with E-state index in [9.17, 15) is 4.79 Å². The van der Waals surface area contributed by atoms with Gasteiger partial charge in [0.05, 0.1) is 21.8 Å². The molecule has 148 valence electrons. The maximum absolute atomic E-state index is 15.0. The molecule has 1 aromatic carbocycles. The van der Waals surface area contributed by atoms with E-state index < -0.39 is 23.7 Å². The monoisotopic (exact) mass is 420 g/mol. The molecule has 0 aliphatic rings. The van der Waals surface area contributed by atoms with Crippen LogP contribution >= 0.6 is 11.3 Å². The number of benzene rings is 1. The number of hydrogen-bond donors (Lipinski definition) is 0. The van der Waals surface area contributed by atoms with Crippen LogP contribution in [0, 0.1) is 0 Å². The lowest BCUT2D eigenvalue weighted by atomic mass is 10.1. The van der Waals surface area contributed by atoms with E-state index in [1.165, 1.54) is 23.6 Å². The summed E-state index contributed by atoms with van der Waals surface area (Å²) in [4.78, 5) is 21.1. The quantitative estimate of drug-likeness (QED) is 0.417. The molecule has 0 atom stereocenters. The molecule has 0 spiro atoms. The highest BCUT2D eigenvalue weighted by atomic mass is 32.1. The molecule has 30 heavy (non-hydrogen) atoms. The first-order valence-electron chi connectivity index (χ1n) is 9.15. The first-order chi connectivity index (χ1) is 14.5. The Morgan fingerprint density at radius 1 is 1.03 bits per heavy atom. The van der Waals surface area contributed by atoms with Crippen molar-refractivity contribution in [3.05, 3.63) is 88.5 Å². The minimum atomic E-state index is -3.36. The van der Waals surface area contributed by atoms with E-state index in [-0.39, 0.29) is 0 Å². The van der Waals surface area contributed by atoms with Crippen molar-refractivity contribution in [1.82, 2.24) is 19.7 Å². The number of nitrogens with zero attached hydrogens (tertiary/aromatic N) is 4.